The van der Waals surface area contributed by atoms with Crippen molar-refractivity contribution >= 4 is 23.5 Å². The van der Waals surface area contributed by atoms with E-state index in [9.17, 15) is 5.11 Å². The highest BCUT2D eigenvalue weighted by Gasteiger charge is 2.30. The molecule has 2 fully saturated rings. The molecule has 2 rings (SSSR count). The summed E-state index contributed by atoms with van der Waals surface area (Å²) in [5.41, 5.74) is 6.24. The number of aliphatic hydroxyl groups is 1. The Labute approximate surface area is 133 Å². The predicted octanol–water partition coefficient (Wildman–Crippen LogP) is 4.01. The van der Waals surface area contributed by atoms with Gasteiger partial charge in [-0.1, -0.05) is 32.1 Å². The lowest BCUT2D eigenvalue weighted by Crippen LogP contribution is -2.38. The minimum Gasteiger partial charge on any atom is -0.392 e. The van der Waals surface area contributed by atoms with Crippen molar-refractivity contribution in [2.75, 3.05) is 11.5 Å². The van der Waals surface area contributed by atoms with Crippen LogP contribution >= 0.6 is 23.5 Å². The Morgan fingerprint density at radius 3 is 2.45 bits per heavy atom. The lowest BCUT2D eigenvalue weighted by atomic mass is 9.83. The van der Waals surface area contributed by atoms with Gasteiger partial charge in [-0.25, -0.2) is 0 Å². The van der Waals surface area contributed by atoms with Crippen LogP contribution in [-0.4, -0.2) is 32.8 Å². The summed E-state index contributed by atoms with van der Waals surface area (Å²) in [4.78, 5) is 0. The molecule has 1 heterocycles. The Bertz CT molecular complexity index is 276. The van der Waals surface area contributed by atoms with E-state index < -0.39 is 0 Å². The second-order valence-electron chi connectivity index (χ2n) is 6.69. The van der Waals surface area contributed by atoms with E-state index in [2.05, 4.69) is 30.4 Å². The summed E-state index contributed by atoms with van der Waals surface area (Å²) < 4.78 is 0.309. The van der Waals surface area contributed by atoms with Gasteiger partial charge in [0.2, 0.25) is 0 Å². The molecule has 0 aromatic carbocycles. The van der Waals surface area contributed by atoms with E-state index in [4.69, 9.17) is 5.73 Å². The summed E-state index contributed by atoms with van der Waals surface area (Å²) in [6, 6.07) is -0.0136. The molecular formula is C16H31NOS2. The van der Waals surface area contributed by atoms with Gasteiger partial charge in [-0.2, -0.15) is 0 Å². The maximum absolute atomic E-state index is 10.3. The molecule has 1 saturated heterocycles. The van der Waals surface area contributed by atoms with Gasteiger partial charge in [0.15, 0.2) is 0 Å². The van der Waals surface area contributed by atoms with Crippen LogP contribution < -0.4 is 5.73 Å². The first-order valence-electron chi connectivity index (χ1n) is 8.31. The second-order valence-corrected chi connectivity index (χ2v) is 10.1. The Balaban J connectivity index is 1.68. The van der Waals surface area contributed by atoms with Crippen LogP contribution in [0.15, 0.2) is 0 Å². The quantitative estimate of drug-likeness (QED) is 0.777. The molecule has 3 N–H and O–H groups in total. The van der Waals surface area contributed by atoms with Crippen LogP contribution in [0.2, 0.25) is 0 Å². The summed E-state index contributed by atoms with van der Waals surface area (Å²) in [7, 11) is 0. The Kier molecular flexibility index (Phi) is 7.05. The average molecular weight is 318 g/mol. The molecule has 1 aliphatic heterocycles. The fourth-order valence-corrected chi connectivity index (χ4v) is 6.39. The highest BCUT2D eigenvalue weighted by atomic mass is 32.2. The van der Waals surface area contributed by atoms with Gasteiger partial charge in [-0.05, 0) is 50.0 Å². The molecule has 2 unspecified atom stereocenters. The second kappa shape index (κ2) is 8.30. The third-order valence-corrected chi connectivity index (χ3v) is 8.14. The summed E-state index contributed by atoms with van der Waals surface area (Å²) in [6.07, 6.45) is 10.8. The Hall–Kier alpha value is 0.620. The zero-order valence-electron chi connectivity index (χ0n) is 12.9. The minimum absolute atomic E-state index is 0.0136. The summed E-state index contributed by atoms with van der Waals surface area (Å²) >= 11 is 4.13. The van der Waals surface area contributed by atoms with Gasteiger partial charge in [0.1, 0.15) is 0 Å². The molecule has 2 aliphatic rings. The third kappa shape index (κ3) is 5.43. The molecule has 1 saturated carbocycles. The van der Waals surface area contributed by atoms with E-state index in [1.807, 2.05) is 0 Å². The number of hydrogen-bond acceptors (Lipinski definition) is 4. The van der Waals surface area contributed by atoms with Crippen molar-refractivity contribution in [3.8, 4) is 0 Å². The molecule has 0 bridgehead atoms. The standard InChI is InChI=1S/C16H31NOS2/c1-16(19-10-5-11-20-16)9-8-15(18)14(17)12-13-6-3-2-4-7-13/h13-15,18H,2-12,17H2,1H3. The van der Waals surface area contributed by atoms with Crippen LogP contribution in [0.5, 0.6) is 0 Å². The first kappa shape index (κ1) is 17.0. The lowest BCUT2D eigenvalue weighted by Gasteiger charge is -2.34. The van der Waals surface area contributed by atoms with Gasteiger partial charge < -0.3 is 10.8 Å². The van der Waals surface area contributed by atoms with Crippen molar-refractivity contribution in [1.29, 1.82) is 0 Å². The molecule has 0 amide bonds. The van der Waals surface area contributed by atoms with Crippen molar-refractivity contribution in [2.45, 2.75) is 80.9 Å². The molecule has 0 aromatic heterocycles. The van der Waals surface area contributed by atoms with Crippen LogP contribution in [0.4, 0.5) is 0 Å². The first-order valence-corrected chi connectivity index (χ1v) is 10.3. The molecule has 0 radical (unpaired) electrons. The molecule has 0 spiro atoms. The van der Waals surface area contributed by atoms with Gasteiger partial charge in [0.25, 0.3) is 0 Å². The largest absolute Gasteiger partial charge is 0.392 e. The van der Waals surface area contributed by atoms with Crippen molar-refractivity contribution < 1.29 is 5.11 Å². The molecule has 2 atom stereocenters. The van der Waals surface area contributed by atoms with Crippen LogP contribution in [0.1, 0.15) is 64.7 Å². The normalized spacial score (nSPS) is 27.1. The highest BCUT2D eigenvalue weighted by molar-refractivity contribution is 8.18. The number of nitrogens with two attached hydrogens (primary N) is 1. The smallest absolute Gasteiger partial charge is 0.0692 e. The third-order valence-electron chi connectivity index (χ3n) is 4.82. The fourth-order valence-electron chi connectivity index (χ4n) is 3.41. The molecule has 20 heavy (non-hydrogen) atoms. The summed E-state index contributed by atoms with van der Waals surface area (Å²) in [5.74, 6) is 3.31. The molecule has 1 aliphatic carbocycles. The zero-order valence-corrected chi connectivity index (χ0v) is 14.5. The van der Waals surface area contributed by atoms with Crippen LogP contribution in [-0.2, 0) is 0 Å². The summed E-state index contributed by atoms with van der Waals surface area (Å²) in [6.45, 7) is 2.33. The van der Waals surface area contributed by atoms with Crippen LogP contribution in [0.3, 0.4) is 0 Å². The van der Waals surface area contributed by atoms with E-state index >= 15 is 0 Å². The molecule has 4 heteroatoms. The van der Waals surface area contributed by atoms with Crippen LogP contribution in [0, 0.1) is 5.92 Å². The van der Waals surface area contributed by atoms with Gasteiger partial charge in [-0.3, -0.25) is 0 Å². The maximum Gasteiger partial charge on any atom is 0.0692 e. The number of hydrogen-bond donors (Lipinski definition) is 2. The van der Waals surface area contributed by atoms with Crippen molar-refractivity contribution in [1.82, 2.24) is 0 Å². The fraction of sp³-hybridized carbons (Fsp3) is 1.00. The summed E-state index contributed by atoms with van der Waals surface area (Å²) in [5, 5.41) is 10.3. The van der Waals surface area contributed by atoms with Gasteiger partial charge in [0.05, 0.1) is 10.2 Å². The number of thioether (sulfide) groups is 2. The van der Waals surface area contributed by atoms with Crippen LogP contribution in [0.25, 0.3) is 0 Å². The number of aliphatic hydroxyl groups excluding tert-OH is 1. The molecule has 2 nitrogen and oxygen atoms in total. The Morgan fingerprint density at radius 1 is 1.15 bits per heavy atom. The van der Waals surface area contributed by atoms with Gasteiger partial charge in [0, 0.05) is 6.04 Å². The zero-order chi connectivity index (χ0) is 14.4. The van der Waals surface area contributed by atoms with Crippen molar-refractivity contribution in [2.24, 2.45) is 11.7 Å². The van der Waals surface area contributed by atoms with Gasteiger partial charge in [-0.15, -0.1) is 23.5 Å². The van der Waals surface area contributed by atoms with E-state index in [1.165, 1.54) is 50.0 Å². The topological polar surface area (TPSA) is 46.2 Å². The Morgan fingerprint density at radius 2 is 1.80 bits per heavy atom. The van der Waals surface area contributed by atoms with Gasteiger partial charge >= 0.3 is 0 Å². The predicted molar refractivity (Wildman–Crippen MR) is 92.3 cm³/mol. The highest BCUT2D eigenvalue weighted by Crippen LogP contribution is 2.45. The molecule has 118 valence electrons. The van der Waals surface area contributed by atoms with E-state index in [-0.39, 0.29) is 12.1 Å². The molecule has 0 aromatic rings. The van der Waals surface area contributed by atoms with E-state index in [1.54, 1.807) is 0 Å². The van der Waals surface area contributed by atoms with E-state index in [0.717, 1.165) is 25.2 Å². The SMILES string of the molecule is CC1(CCC(O)C(N)CC2CCCCC2)SCCCS1. The maximum atomic E-state index is 10.3. The van der Waals surface area contributed by atoms with E-state index in [0.29, 0.717) is 4.08 Å². The number of rotatable bonds is 6. The lowest BCUT2D eigenvalue weighted by molar-refractivity contribution is 0.115. The minimum atomic E-state index is -0.308. The average Bonchev–Trinajstić information content (AvgIpc) is 2.46. The molecular weight excluding hydrogens is 286 g/mol. The monoisotopic (exact) mass is 317 g/mol. The van der Waals surface area contributed by atoms with Crippen molar-refractivity contribution in [3.63, 3.8) is 0 Å². The van der Waals surface area contributed by atoms with Crippen molar-refractivity contribution in [3.05, 3.63) is 0 Å². The first-order chi connectivity index (χ1) is 9.59.